The van der Waals surface area contributed by atoms with E-state index >= 15 is 0 Å². The minimum absolute atomic E-state index is 0.0684. The number of carbonyl (C=O) groups excluding carboxylic acids is 1. The number of hydrogen-bond donors (Lipinski definition) is 2. The van der Waals surface area contributed by atoms with E-state index in [1.165, 1.54) is 12.8 Å². The van der Waals surface area contributed by atoms with Gasteiger partial charge in [0.2, 0.25) is 0 Å². The Morgan fingerprint density at radius 1 is 1.38 bits per heavy atom. The topological polar surface area (TPSA) is 49.3 Å². The van der Waals surface area contributed by atoms with Crippen LogP contribution < -0.4 is 10.6 Å². The Bertz CT molecular complexity index is 478. The van der Waals surface area contributed by atoms with E-state index in [-0.39, 0.29) is 5.91 Å². The van der Waals surface area contributed by atoms with Crippen LogP contribution in [0.5, 0.6) is 0 Å². The van der Waals surface area contributed by atoms with Crippen LogP contribution >= 0.6 is 0 Å². The summed E-state index contributed by atoms with van der Waals surface area (Å²) in [5, 5.41) is 6.49. The molecule has 2 aliphatic heterocycles. The van der Waals surface area contributed by atoms with Gasteiger partial charge in [0, 0.05) is 24.8 Å². The molecule has 3 heterocycles. The third-order valence-electron chi connectivity index (χ3n) is 4.88. The zero-order chi connectivity index (χ0) is 14.7. The van der Waals surface area contributed by atoms with Gasteiger partial charge in [-0.3, -0.25) is 4.79 Å². The molecule has 0 spiro atoms. The lowest BCUT2D eigenvalue weighted by Gasteiger charge is -2.26. The Labute approximate surface area is 126 Å². The van der Waals surface area contributed by atoms with Crippen molar-refractivity contribution >= 4 is 5.91 Å². The maximum atomic E-state index is 12.5. The Balaban J connectivity index is 1.60. The number of aromatic nitrogens is 1. The summed E-state index contributed by atoms with van der Waals surface area (Å²) in [5.41, 5.74) is 0.808. The van der Waals surface area contributed by atoms with Crippen LogP contribution in [-0.4, -0.2) is 54.6 Å². The molecule has 2 aliphatic rings. The van der Waals surface area contributed by atoms with Crippen LogP contribution in [0.15, 0.2) is 18.3 Å². The van der Waals surface area contributed by atoms with Crippen molar-refractivity contribution in [2.75, 3.05) is 33.2 Å². The Morgan fingerprint density at radius 2 is 2.19 bits per heavy atom. The van der Waals surface area contributed by atoms with E-state index in [1.807, 2.05) is 18.3 Å². The number of rotatable bonds is 4. The molecule has 5 heteroatoms. The van der Waals surface area contributed by atoms with Gasteiger partial charge in [0.25, 0.3) is 5.91 Å². The average Bonchev–Trinajstić information content (AvgIpc) is 3.15. The molecule has 0 saturated carbocycles. The molecule has 0 bridgehead atoms. The fourth-order valence-electron chi connectivity index (χ4n) is 3.53. The van der Waals surface area contributed by atoms with Crippen molar-refractivity contribution in [3.63, 3.8) is 0 Å². The Hall–Kier alpha value is -1.33. The summed E-state index contributed by atoms with van der Waals surface area (Å²) < 4.78 is 2.16. The first-order chi connectivity index (χ1) is 10.3. The largest absolute Gasteiger partial charge is 0.349 e. The van der Waals surface area contributed by atoms with Gasteiger partial charge in [0.15, 0.2) is 0 Å². The van der Waals surface area contributed by atoms with Crippen molar-refractivity contribution in [1.29, 1.82) is 0 Å². The number of carbonyl (C=O) groups is 1. The van der Waals surface area contributed by atoms with Crippen LogP contribution in [0.3, 0.4) is 0 Å². The van der Waals surface area contributed by atoms with E-state index in [4.69, 9.17) is 0 Å². The number of piperidine rings is 1. The molecule has 1 atom stereocenters. The molecule has 1 unspecified atom stereocenters. The van der Waals surface area contributed by atoms with E-state index in [9.17, 15) is 4.79 Å². The van der Waals surface area contributed by atoms with E-state index in [2.05, 4.69) is 27.1 Å². The maximum absolute atomic E-state index is 12.5. The molecule has 116 valence electrons. The first-order valence-electron chi connectivity index (χ1n) is 8.11. The molecule has 21 heavy (non-hydrogen) atoms. The predicted molar refractivity (Wildman–Crippen MR) is 83.6 cm³/mol. The Morgan fingerprint density at radius 3 is 2.90 bits per heavy atom. The highest BCUT2D eigenvalue weighted by Gasteiger charge is 2.23. The molecule has 1 amide bonds. The van der Waals surface area contributed by atoms with Crippen LogP contribution in [0.4, 0.5) is 0 Å². The van der Waals surface area contributed by atoms with Gasteiger partial charge in [-0.25, -0.2) is 0 Å². The molecule has 3 rings (SSSR count). The molecular weight excluding hydrogens is 264 g/mol. The molecule has 2 N–H and O–H groups in total. The highest BCUT2D eigenvalue weighted by Crippen LogP contribution is 2.21. The zero-order valence-electron chi connectivity index (χ0n) is 12.8. The monoisotopic (exact) mass is 290 g/mol. The number of likely N-dealkylation sites (tertiary alicyclic amines) is 1. The van der Waals surface area contributed by atoms with Gasteiger partial charge >= 0.3 is 0 Å². The van der Waals surface area contributed by atoms with Gasteiger partial charge in [-0.2, -0.15) is 0 Å². The van der Waals surface area contributed by atoms with Gasteiger partial charge in [0.05, 0.1) is 0 Å². The van der Waals surface area contributed by atoms with Gasteiger partial charge in [-0.15, -0.1) is 0 Å². The second-order valence-corrected chi connectivity index (χ2v) is 6.27. The van der Waals surface area contributed by atoms with Crippen molar-refractivity contribution < 1.29 is 4.79 Å². The van der Waals surface area contributed by atoms with Crippen LogP contribution in [0.2, 0.25) is 0 Å². The third-order valence-corrected chi connectivity index (χ3v) is 4.88. The molecule has 1 aromatic rings. The summed E-state index contributed by atoms with van der Waals surface area (Å²) in [5.74, 6) is 0.0684. The van der Waals surface area contributed by atoms with E-state index in [0.29, 0.717) is 12.1 Å². The van der Waals surface area contributed by atoms with Crippen molar-refractivity contribution in [2.45, 2.75) is 37.8 Å². The summed E-state index contributed by atoms with van der Waals surface area (Å²) in [4.78, 5) is 14.8. The van der Waals surface area contributed by atoms with Crippen molar-refractivity contribution in [1.82, 2.24) is 20.1 Å². The van der Waals surface area contributed by atoms with Crippen molar-refractivity contribution in [3.8, 4) is 0 Å². The zero-order valence-corrected chi connectivity index (χ0v) is 12.8. The lowest BCUT2D eigenvalue weighted by Crippen LogP contribution is -2.39. The summed E-state index contributed by atoms with van der Waals surface area (Å²) in [6.45, 7) is 3.98. The molecule has 0 aliphatic carbocycles. The minimum Gasteiger partial charge on any atom is -0.349 e. The number of amides is 1. The molecule has 5 nitrogen and oxygen atoms in total. The number of hydrogen-bond acceptors (Lipinski definition) is 3. The maximum Gasteiger partial charge on any atom is 0.267 e. The second-order valence-electron chi connectivity index (χ2n) is 6.27. The molecule has 1 aromatic heterocycles. The second kappa shape index (κ2) is 6.62. The summed E-state index contributed by atoms with van der Waals surface area (Å²) in [6, 6.07) is 4.88. The summed E-state index contributed by atoms with van der Waals surface area (Å²) in [7, 11) is 2.14. The van der Waals surface area contributed by atoms with E-state index in [1.54, 1.807) is 0 Å². The quantitative estimate of drug-likeness (QED) is 0.877. The lowest BCUT2D eigenvalue weighted by molar-refractivity contribution is 0.0931. The smallest absolute Gasteiger partial charge is 0.267 e. The van der Waals surface area contributed by atoms with E-state index < -0.39 is 0 Å². The van der Waals surface area contributed by atoms with Crippen molar-refractivity contribution in [2.24, 2.45) is 0 Å². The fraction of sp³-hybridized carbons (Fsp3) is 0.688. The fourth-order valence-corrected chi connectivity index (χ4v) is 3.53. The molecule has 0 radical (unpaired) electrons. The normalized spacial score (nSPS) is 24.3. The highest BCUT2D eigenvalue weighted by atomic mass is 16.1. The first kappa shape index (κ1) is 14.6. The number of nitrogens with one attached hydrogen (secondary N) is 2. The van der Waals surface area contributed by atoms with Crippen LogP contribution in [0, 0.1) is 0 Å². The molecule has 2 fully saturated rings. The Kier molecular flexibility index (Phi) is 4.60. The van der Waals surface area contributed by atoms with Crippen LogP contribution in [0.1, 0.15) is 42.2 Å². The highest BCUT2D eigenvalue weighted by molar-refractivity contribution is 5.92. The van der Waals surface area contributed by atoms with E-state index in [0.717, 1.165) is 44.7 Å². The third kappa shape index (κ3) is 3.30. The SMILES string of the molecule is CN1CCCC1CNC(=O)c1cccn1C1CCNCC1. The summed E-state index contributed by atoms with van der Waals surface area (Å²) in [6.07, 6.45) is 6.67. The lowest BCUT2D eigenvalue weighted by atomic mass is 10.1. The van der Waals surface area contributed by atoms with Crippen molar-refractivity contribution in [3.05, 3.63) is 24.0 Å². The minimum atomic E-state index is 0.0684. The first-order valence-corrected chi connectivity index (χ1v) is 8.11. The van der Waals surface area contributed by atoms with Crippen LogP contribution in [0.25, 0.3) is 0 Å². The number of likely N-dealkylation sites (N-methyl/N-ethyl adjacent to an activating group) is 1. The molecule has 0 aromatic carbocycles. The van der Waals surface area contributed by atoms with Gasteiger partial charge < -0.3 is 20.1 Å². The molecular formula is C16H26N4O. The van der Waals surface area contributed by atoms with Gasteiger partial charge in [-0.05, 0) is 64.5 Å². The van der Waals surface area contributed by atoms with Gasteiger partial charge in [0.1, 0.15) is 5.69 Å². The number of nitrogens with zero attached hydrogens (tertiary/aromatic N) is 2. The standard InChI is InChI=1S/C16H26N4O/c1-19-10-2-4-14(19)12-18-16(21)15-5-3-11-20(15)13-6-8-17-9-7-13/h3,5,11,13-14,17H,2,4,6-10,12H2,1H3,(H,18,21). The molecule has 2 saturated heterocycles. The average molecular weight is 290 g/mol. The predicted octanol–water partition coefficient (Wildman–Crippen LogP) is 1.24. The van der Waals surface area contributed by atoms with Gasteiger partial charge in [-0.1, -0.05) is 0 Å². The van der Waals surface area contributed by atoms with Crippen LogP contribution in [-0.2, 0) is 0 Å². The summed E-state index contributed by atoms with van der Waals surface area (Å²) >= 11 is 0.